The molecule has 0 amide bonds. The van der Waals surface area contributed by atoms with Crippen molar-refractivity contribution in [2.24, 2.45) is 5.11 Å². The van der Waals surface area contributed by atoms with Gasteiger partial charge in [0.15, 0.2) is 5.76 Å². The molecule has 0 fully saturated rings. The van der Waals surface area contributed by atoms with Gasteiger partial charge in [-0.2, -0.15) is 0 Å². The van der Waals surface area contributed by atoms with E-state index in [0.717, 1.165) is 6.07 Å². The number of halogens is 2. The van der Waals surface area contributed by atoms with E-state index in [4.69, 9.17) is 5.53 Å². The van der Waals surface area contributed by atoms with E-state index in [1.807, 2.05) is 0 Å². The fourth-order valence-electron chi connectivity index (χ4n) is 1.24. The maximum absolute atomic E-state index is 13.6. The van der Waals surface area contributed by atoms with Crippen LogP contribution in [-0.4, -0.2) is 17.7 Å². The maximum Gasteiger partial charge on any atom is 0.362 e. The minimum Gasteiger partial charge on any atom is -0.505 e. The molecule has 96 valence electrons. The third kappa shape index (κ3) is 2.92. The first kappa shape index (κ1) is 14.3. The Kier molecular flexibility index (Phi) is 4.96. The minimum atomic E-state index is -0.986. The van der Waals surface area contributed by atoms with Crippen molar-refractivity contribution in [3.8, 4) is 0 Å². The highest BCUT2D eigenvalue weighted by Crippen LogP contribution is 2.28. The Balaban J connectivity index is 3.36. The smallest absolute Gasteiger partial charge is 0.362 e. The zero-order valence-corrected chi connectivity index (χ0v) is 11.0. The molecule has 1 aromatic carbocycles. The van der Waals surface area contributed by atoms with Crippen LogP contribution in [0, 0.1) is 11.3 Å². The fraction of sp³-hybridized carbons (Fsp3) is 0.182. The van der Waals surface area contributed by atoms with E-state index in [-0.39, 0.29) is 16.6 Å². The number of rotatable bonds is 4. The van der Waals surface area contributed by atoms with Gasteiger partial charge in [0.05, 0.1) is 12.2 Å². The molecule has 0 radical (unpaired) electrons. The SMILES string of the molecule is CCOC(=O)C(N=N)=C(O)c1c(F)cccc1Br. The number of ether oxygens (including phenoxy) is 1. The summed E-state index contributed by atoms with van der Waals surface area (Å²) >= 11 is 3.04. The van der Waals surface area contributed by atoms with E-state index < -0.39 is 23.2 Å². The Labute approximate surface area is 111 Å². The Morgan fingerprint density at radius 3 is 2.78 bits per heavy atom. The van der Waals surface area contributed by atoms with E-state index in [0.29, 0.717) is 0 Å². The lowest BCUT2D eigenvalue weighted by atomic mass is 10.1. The van der Waals surface area contributed by atoms with E-state index in [9.17, 15) is 14.3 Å². The van der Waals surface area contributed by atoms with Crippen LogP contribution in [-0.2, 0) is 9.53 Å². The molecule has 0 aliphatic carbocycles. The van der Waals surface area contributed by atoms with Crippen molar-refractivity contribution in [1.82, 2.24) is 0 Å². The molecular formula is C11H10BrFN2O3. The number of carbonyl (C=O) groups excluding carboxylic acids is 1. The van der Waals surface area contributed by atoms with Crippen LogP contribution in [0.1, 0.15) is 12.5 Å². The molecule has 18 heavy (non-hydrogen) atoms. The molecule has 0 atom stereocenters. The molecule has 7 heteroatoms. The lowest BCUT2D eigenvalue weighted by Gasteiger charge is -2.07. The number of carbonyl (C=O) groups is 1. The summed E-state index contributed by atoms with van der Waals surface area (Å²) in [5.74, 6) is -2.47. The van der Waals surface area contributed by atoms with Crippen LogP contribution in [0.25, 0.3) is 5.76 Å². The molecule has 0 unspecified atom stereocenters. The van der Waals surface area contributed by atoms with Crippen molar-refractivity contribution in [3.63, 3.8) is 0 Å². The minimum absolute atomic E-state index is 0.0591. The Bertz CT molecular complexity index is 497. The predicted octanol–water partition coefficient (Wildman–Crippen LogP) is 3.41. The summed E-state index contributed by atoms with van der Waals surface area (Å²) in [5, 5.41) is 12.7. The Morgan fingerprint density at radius 2 is 2.28 bits per heavy atom. The molecule has 0 spiro atoms. The number of aliphatic hydroxyl groups is 1. The van der Waals surface area contributed by atoms with Gasteiger partial charge in [-0.1, -0.05) is 6.07 Å². The van der Waals surface area contributed by atoms with Gasteiger partial charge in [0.25, 0.3) is 0 Å². The Hall–Kier alpha value is -1.76. The number of hydrogen-bond acceptors (Lipinski definition) is 5. The third-order valence-corrected chi connectivity index (χ3v) is 2.67. The highest BCUT2D eigenvalue weighted by molar-refractivity contribution is 9.10. The van der Waals surface area contributed by atoms with Gasteiger partial charge < -0.3 is 9.84 Å². The summed E-state index contributed by atoms with van der Waals surface area (Å²) in [6.07, 6.45) is 0. The Morgan fingerprint density at radius 1 is 1.61 bits per heavy atom. The second kappa shape index (κ2) is 6.25. The molecule has 0 heterocycles. The molecule has 0 saturated carbocycles. The third-order valence-electron chi connectivity index (χ3n) is 2.00. The second-order valence-electron chi connectivity index (χ2n) is 3.13. The van der Waals surface area contributed by atoms with Crippen LogP contribution in [0.15, 0.2) is 33.5 Å². The van der Waals surface area contributed by atoms with Crippen LogP contribution < -0.4 is 0 Å². The van der Waals surface area contributed by atoms with Crippen LogP contribution in [0.4, 0.5) is 4.39 Å². The van der Waals surface area contributed by atoms with Crippen molar-refractivity contribution in [3.05, 3.63) is 39.7 Å². The average molecular weight is 317 g/mol. The van der Waals surface area contributed by atoms with Crippen molar-refractivity contribution < 1.29 is 19.0 Å². The lowest BCUT2D eigenvalue weighted by molar-refractivity contribution is -0.138. The largest absolute Gasteiger partial charge is 0.505 e. The van der Waals surface area contributed by atoms with E-state index in [2.05, 4.69) is 25.8 Å². The highest BCUT2D eigenvalue weighted by atomic mass is 79.9. The first-order valence-corrected chi connectivity index (χ1v) is 5.74. The summed E-state index contributed by atoms with van der Waals surface area (Å²) in [4.78, 5) is 11.4. The molecule has 0 aromatic heterocycles. The zero-order chi connectivity index (χ0) is 13.7. The standard InChI is InChI=1S/C11H10BrFN2O3/c1-2-18-11(17)9(15-14)10(16)8-6(12)4-3-5-7(8)13/h3-5,14,16H,2H2,1H3. The fourth-order valence-corrected chi connectivity index (χ4v) is 1.77. The highest BCUT2D eigenvalue weighted by Gasteiger charge is 2.21. The number of hydrogen-bond donors (Lipinski definition) is 2. The van der Waals surface area contributed by atoms with Crippen molar-refractivity contribution in [1.29, 1.82) is 5.53 Å². The molecule has 0 aliphatic heterocycles. The first-order chi connectivity index (χ1) is 8.52. The van der Waals surface area contributed by atoms with Gasteiger partial charge in [-0.3, -0.25) is 0 Å². The summed E-state index contributed by atoms with van der Waals surface area (Å²) in [7, 11) is 0. The topological polar surface area (TPSA) is 82.7 Å². The van der Waals surface area contributed by atoms with Crippen LogP contribution in [0.3, 0.4) is 0 Å². The molecule has 0 bridgehead atoms. The van der Waals surface area contributed by atoms with Gasteiger partial charge in [0.2, 0.25) is 5.70 Å². The molecule has 1 rings (SSSR count). The van der Waals surface area contributed by atoms with Gasteiger partial charge >= 0.3 is 5.97 Å². The number of benzene rings is 1. The molecule has 0 aliphatic rings. The van der Waals surface area contributed by atoms with E-state index in [1.165, 1.54) is 12.1 Å². The van der Waals surface area contributed by atoms with E-state index >= 15 is 0 Å². The average Bonchev–Trinajstić information content (AvgIpc) is 2.30. The molecule has 0 saturated heterocycles. The molecular weight excluding hydrogens is 307 g/mol. The molecule has 1 aromatic rings. The summed E-state index contributed by atoms with van der Waals surface area (Å²) in [5.41, 5.74) is 5.97. The molecule has 2 N–H and O–H groups in total. The summed E-state index contributed by atoms with van der Waals surface area (Å²) in [6.45, 7) is 1.62. The normalized spacial score (nSPS) is 11.7. The first-order valence-electron chi connectivity index (χ1n) is 4.95. The van der Waals surface area contributed by atoms with Crippen LogP contribution in [0.2, 0.25) is 0 Å². The van der Waals surface area contributed by atoms with Gasteiger partial charge in [-0.15, -0.1) is 5.11 Å². The maximum atomic E-state index is 13.6. The van der Waals surface area contributed by atoms with Gasteiger partial charge in [-0.05, 0) is 35.0 Å². The quantitative estimate of drug-likeness (QED) is 0.386. The predicted molar refractivity (Wildman–Crippen MR) is 65.4 cm³/mol. The van der Waals surface area contributed by atoms with Gasteiger partial charge in [-0.25, -0.2) is 14.7 Å². The van der Waals surface area contributed by atoms with Crippen LogP contribution in [0.5, 0.6) is 0 Å². The van der Waals surface area contributed by atoms with E-state index in [1.54, 1.807) is 6.92 Å². The number of nitrogens with one attached hydrogen (secondary N) is 1. The molecule has 5 nitrogen and oxygen atoms in total. The lowest BCUT2D eigenvalue weighted by Crippen LogP contribution is -2.09. The van der Waals surface area contributed by atoms with Crippen molar-refractivity contribution in [2.75, 3.05) is 6.61 Å². The number of esters is 1. The van der Waals surface area contributed by atoms with Crippen LogP contribution >= 0.6 is 15.9 Å². The zero-order valence-electron chi connectivity index (χ0n) is 9.41. The van der Waals surface area contributed by atoms with Gasteiger partial charge in [0, 0.05) is 4.47 Å². The second-order valence-corrected chi connectivity index (χ2v) is 3.98. The number of aliphatic hydroxyl groups excluding tert-OH is 1. The van der Waals surface area contributed by atoms with Crippen molar-refractivity contribution >= 4 is 27.7 Å². The number of nitrogens with zero attached hydrogens (tertiary/aromatic N) is 1. The van der Waals surface area contributed by atoms with Crippen molar-refractivity contribution in [2.45, 2.75) is 6.92 Å². The summed E-state index contributed by atoms with van der Waals surface area (Å²) in [6, 6.07) is 4.03. The van der Waals surface area contributed by atoms with Gasteiger partial charge in [0.1, 0.15) is 5.82 Å². The summed E-state index contributed by atoms with van der Waals surface area (Å²) < 4.78 is 18.4. The monoisotopic (exact) mass is 316 g/mol.